The van der Waals surface area contributed by atoms with E-state index < -0.39 is 10.0 Å². The highest BCUT2D eigenvalue weighted by atomic mass is 32.2. The largest absolute Gasteiger partial charge is 0.494 e. The van der Waals surface area contributed by atoms with Crippen molar-refractivity contribution in [1.29, 1.82) is 0 Å². The first-order chi connectivity index (χ1) is 9.14. The number of methoxy groups -OCH3 is 1. The van der Waals surface area contributed by atoms with E-state index in [4.69, 9.17) is 4.74 Å². The molecule has 0 unspecified atom stereocenters. The van der Waals surface area contributed by atoms with Crippen LogP contribution in [0.1, 0.15) is 12.8 Å². The molecule has 0 aliphatic carbocycles. The van der Waals surface area contributed by atoms with Crippen LogP contribution in [-0.2, 0) is 10.0 Å². The smallest absolute Gasteiger partial charge is 0.256 e. The molecular weight excluding hydrogens is 284 g/mol. The molecule has 1 aromatic rings. The minimum absolute atomic E-state index is 0.102. The lowest BCUT2D eigenvalue weighted by molar-refractivity contribution is 0.217. The Balaban J connectivity index is 1.95. The SMILES string of the molecule is COc1ccsc1S(=O)(=O)N1CCC[C@H]2CNC[C@H]21. The van der Waals surface area contributed by atoms with Crippen LogP contribution >= 0.6 is 11.3 Å². The van der Waals surface area contributed by atoms with Crippen LogP contribution in [0.2, 0.25) is 0 Å². The topological polar surface area (TPSA) is 58.6 Å². The van der Waals surface area contributed by atoms with Crippen molar-refractivity contribution < 1.29 is 13.2 Å². The van der Waals surface area contributed by atoms with Crippen molar-refractivity contribution in [3.05, 3.63) is 11.4 Å². The van der Waals surface area contributed by atoms with Gasteiger partial charge in [0.2, 0.25) is 0 Å². The average molecular weight is 302 g/mol. The maximum Gasteiger partial charge on any atom is 0.256 e. The molecule has 2 fully saturated rings. The predicted molar refractivity (Wildman–Crippen MR) is 74.1 cm³/mol. The van der Waals surface area contributed by atoms with Crippen LogP contribution in [0.25, 0.3) is 0 Å². The van der Waals surface area contributed by atoms with Crippen molar-refractivity contribution in [3.63, 3.8) is 0 Å². The van der Waals surface area contributed by atoms with Gasteiger partial charge in [0, 0.05) is 19.1 Å². The van der Waals surface area contributed by atoms with Gasteiger partial charge in [0.1, 0.15) is 5.75 Å². The molecule has 0 amide bonds. The lowest BCUT2D eigenvalue weighted by Crippen LogP contribution is -2.48. The summed E-state index contributed by atoms with van der Waals surface area (Å²) in [6, 6.07) is 1.82. The number of thiophene rings is 1. The average Bonchev–Trinajstić information content (AvgIpc) is 3.06. The van der Waals surface area contributed by atoms with E-state index in [-0.39, 0.29) is 6.04 Å². The van der Waals surface area contributed by atoms with E-state index in [1.54, 1.807) is 15.8 Å². The van der Waals surface area contributed by atoms with E-state index in [0.29, 0.717) is 22.4 Å². The minimum Gasteiger partial charge on any atom is -0.494 e. The van der Waals surface area contributed by atoms with Crippen molar-refractivity contribution >= 4 is 21.4 Å². The third-order valence-corrected chi connectivity index (χ3v) is 7.33. The van der Waals surface area contributed by atoms with E-state index in [1.807, 2.05) is 0 Å². The van der Waals surface area contributed by atoms with Gasteiger partial charge in [-0.25, -0.2) is 8.42 Å². The number of ether oxygens (including phenoxy) is 1. The molecule has 7 heteroatoms. The van der Waals surface area contributed by atoms with Crippen LogP contribution in [0.15, 0.2) is 15.7 Å². The molecule has 106 valence electrons. The Labute approximate surface area is 117 Å². The summed E-state index contributed by atoms with van der Waals surface area (Å²) in [4.78, 5) is 0. The van der Waals surface area contributed by atoms with Gasteiger partial charge in [-0.3, -0.25) is 0 Å². The Morgan fingerprint density at radius 2 is 2.32 bits per heavy atom. The highest BCUT2D eigenvalue weighted by molar-refractivity contribution is 7.91. The Hall–Kier alpha value is -0.630. The summed E-state index contributed by atoms with van der Waals surface area (Å²) in [6.07, 6.45) is 2.06. The Kier molecular flexibility index (Phi) is 3.55. The fraction of sp³-hybridized carbons (Fsp3) is 0.667. The molecule has 1 aromatic heterocycles. The first-order valence-electron chi connectivity index (χ1n) is 6.48. The van der Waals surface area contributed by atoms with Crippen LogP contribution < -0.4 is 10.1 Å². The van der Waals surface area contributed by atoms with Crippen molar-refractivity contribution in [1.82, 2.24) is 9.62 Å². The lowest BCUT2D eigenvalue weighted by atomic mass is 9.94. The zero-order valence-corrected chi connectivity index (χ0v) is 12.5. The Bertz CT molecular complexity index is 555. The zero-order chi connectivity index (χ0) is 13.5. The quantitative estimate of drug-likeness (QED) is 0.909. The molecule has 2 saturated heterocycles. The second kappa shape index (κ2) is 5.05. The van der Waals surface area contributed by atoms with Crippen molar-refractivity contribution in [3.8, 4) is 5.75 Å². The van der Waals surface area contributed by atoms with Gasteiger partial charge in [-0.15, -0.1) is 11.3 Å². The fourth-order valence-electron chi connectivity index (χ4n) is 3.05. The molecule has 3 heterocycles. The van der Waals surface area contributed by atoms with Gasteiger partial charge in [0.05, 0.1) is 7.11 Å². The number of nitrogens with one attached hydrogen (secondary N) is 1. The van der Waals surface area contributed by atoms with Crippen LogP contribution in [0.5, 0.6) is 5.75 Å². The molecule has 0 aromatic carbocycles. The Morgan fingerprint density at radius 1 is 1.47 bits per heavy atom. The summed E-state index contributed by atoms with van der Waals surface area (Å²) < 4.78 is 32.8. The molecular formula is C12H18N2O3S2. The van der Waals surface area contributed by atoms with Crippen molar-refractivity contribution in [2.75, 3.05) is 26.7 Å². The highest BCUT2D eigenvalue weighted by Crippen LogP contribution is 2.37. The first kappa shape index (κ1) is 13.4. The first-order valence-corrected chi connectivity index (χ1v) is 8.80. The summed E-state index contributed by atoms with van der Waals surface area (Å²) in [5.41, 5.74) is 0. The standard InChI is InChI=1S/C12H18N2O3S2/c1-17-11-4-6-18-12(11)19(15,16)14-5-2-3-9-7-13-8-10(9)14/h4,6,9-10,13H,2-3,5,7-8H2,1H3/t9-,10+/m0/s1. The van der Waals surface area contributed by atoms with Crippen LogP contribution in [-0.4, -0.2) is 45.5 Å². The van der Waals surface area contributed by atoms with Crippen LogP contribution in [0.3, 0.4) is 0 Å². The molecule has 5 nitrogen and oxygen atoms in total. The maximum atomic E-state index is 12.8. The monoisotopic (exact) mass is 302 g/mol. The highest BCUT2D eigenvalue weighted by Gasteiger charge is 2.42. The van der Waals surface area contributed by atoms with Crippen molar-refractivity contribution in [2.24, 2.45) is 5.92 Å². The molecule has 0 saturated carbocycles. The van der Waals surface area contributed by atoms with Gasteiger partial charge in [0.25, 0.3) is 10.0 Å². The summed E-state index contributed by atoms with van der Waals surface area (Å²) in [5.74, 6) is 0.910. The number of hydrogen-bond acceptors (Lipinski definition) is 5. The van der Waals surface area contributed by atoms with Crippen LogP contribution in [0, 0.1) is 5.92 Å². The number of nitrogens with zero attached hydrogens (tertiary/aromatic N) is 1. The molecule has 2 aliphatic heterocycles. The molecule has 0 bridgehead atoms. The minimum atomic E-state index is -3.43. The van der Waals surface area contributed by atoms with Gasteiger partial charge < -0.3 is 10.1 Å². The lowest BCUT2D eigenvalue weighted by Gasteiger charge is -2.35. The van der Waals surface area contributed by atoms with Crippen molar-refractivity contribution in [2.45, 2.75) is 23.1 Å². The van der Waals surface area contributed by atoms with Gasteiger partial charge in [0.15, 0.2) is 4.21 Å². The van der Waals surface area contributed by atoms with Gasteiger partial charge in [-0.1, -0.05) is 0 Å². The van der Waals surface area contributed by atoms with Gasteiger partial charge >= 0.3 is 0 Å². The normalized spacial score (nSPS) is 28.3. The molecule has 19 heavy (non-hydrogen) atoms. The third kappa shape index (κ3) is 2.18. The second-order valence-electron chi connectivity index (χ2n) is 5.02. The summed E-state index contributed by atoms with van der Waals surface area (Å²) in [6.45, 7) is 2.31. The second-order valence-corrected chi connectivity index (χ2v) is 8.02. The maximum absolute atomic E-state index is 12.8. The summed E-state index contributed by atoms with van der Waals surface area (Å²) in [5, 5.41) is 5.07. The molecule has 3 rings (SSSR count). The zero-order valence-electron chi connectivity index (χ0n) is 10.8. The molecule has 2 atom stereocenters. The summed E-state index contributed by atoms with van der Waals surface area (Å²) >= 11 is 1.23. The molecule has 2 aliphatic rings. The number of sulfonamides is 1. The molecule has 1 N–H and O–H groups in total. The van der Waals surface area contributed by atoms with E-state index in [1.165, 1.54) is 18.4 Å². The Morgan fingerprint density at radius 3 is 3.11 bits per heavy atom. The van der Waals surface area contributed by atoms with Gasteiger partial charge in [-0.2, -0.15) is 4.31 Å². The van der Waals surface area contributed by atoms with E-state index in [2.05, 4.69) is 5.32 Å². The summed E-state index contributed by atoms with van der Waals surface area (Å²) in [7, 11) is -1.92. The third-order valence-electron chi connectivity index (χ3n) is 3.99. The fourth-order valence-corrected chi connectivity index (χ4v) is 6.17. The molecule has 0 spiro atoms. The molecule has 0 radical (unpaired) electrons. The number of piperidine rings is 1. The van der Waals surface area contributed by atoms with E-state index in [0.717, 1.165) is 25.9 Å². The number of hydrogen-bond donors (Lipinski definition) is 1. The predicted octanol–water partition coefficient (Wildman–Crippen LogP) is 1.13. The van der Waals surface area contributed by atoms with E-state index in [9.17, 15) is 8.42 Å². The van der Waals surface area contributed by atoms with Gasteiger partial charge in [-0.05, 0) is 36.8 Å². The number of fused-ring (bicyclic) bond motifs is 1. The van der Waals surface area contributed by atoms with Crippen LogP contribution in [0.4, 0.5) is 0 Å². The number of rotatable bonds is 3. The van der Waals surface area contributed by atoms with E-state index >= 15 is 0 Å².